The largest absolute Gasteiger partial charge is 0.467 e. The fourth-order valence-corrected chi connectivity index (χ4v) is 5.45. The Bertz CT molecular complexity index is 1130. The Hall–Kier alpha value is -4.04. The molecule has 0 saturated heterocycles. The molecule has 0 fully saturated rings. The van der Waals surface area contributed by atoms with Crippen LogP contribution in [0.2, 0.25) is 0 Å². The highest BCUT2D eigenvalue weighted by Crippen LogP contribution is 2.24. The van der Waals surface area contributed by atoms with Crippen LogP contribution in [-0.4, -0.2) is 73.4 Å². The average molecular weight is 591 g/mol. The normalized spacial score (nSPS) is 11.8. The maximum atomic E-state index is 12.7. The van der Waals surface area contributed by atoms with Gasteiger partial charge in [-0.1, -0.05) is 21.6 Å². The van der Waals surface area contributed by atoms with Crippen LogP contribution in [0.25, 0.3) is 0 Å². The molecule has 0 spiro atoms. The van der Waals surface area contributed by atoms with Gasteiger partial charge in [0.2, 0.25) is 11.8 Å². The van der Waals surface area contributed by atoms with Crippen molar-refractivity contribution in [1.82, 2.24) is 10.6 Å². The van der Waals surface area contributed by atoms with Gasteiger partial charge < -0.3 is 30.7 Å². The predicted octanol–water partition coefficient (Wildman–Crippen LogP) is 2.23. The van der Waals surface area contributed by atoms with E-state index in [1.165, 1.54) is 73.9 Å². The van der Waals surface area contributed by atoms with E-state index in [9.17, 15) is 28.8 Å². The standard InChI is InChI=1S/C26H30N4O8S2/c1-15(31)27-19-9-5-17(6-10-19)23(33)29-21(25(35)37-3)13-39-40-14-22(26(36)38-4)30-24(34)18-7-11-20(12-8-18)28-16(2)32/h5-12,21-22H,13-14H2,1-4H3,(H,27,31)(H,28,32)(H,29,33)(H,30,34)/t21-,22-/m0/s1. The van der Waals surface area contributed by atoms with E-state index in [0.717, 1.165) is 0 Å². The summed E-state index contributed by atoms with van der Waals surface area (Å²) in [6.45, 7) is 2.74. The Balaban J connectivity index is 1.94. The molecule has 40 heavy (non-hydrogen) atoms. The summed E-state index contributed by atoms with van der Waals surface area (Å²) in [7, 11) is 4.79. The molecule has 14 heteroatoms. The number of amides is 4. The van der Waals surface area contributed by atoms with Crippen LogP contribution in [0.4, 0.5) is 11.4 Å². The number of benzene rings is 2. The summed E-state index contributed by atoms with van der Waals surface area (Å²) in [4.78, 5) is 72.2. The molecular formula is C26H30N4O8S2. The van der Waals surface area contributed by atoms with Gasteiger partial charge in [0.15, 0.2) is 0 Å². The quantitative estimate of drug-likeness (QED) is 0.154. The summed E-state index contributed by atoms with van der Waals surface area (Å²) in [5.41, 5.74) is 1.60. The third-order valence-corrected chi connectivity index (χ3v) is 7.49. The van der Waals surface area contributed by atoms with Crippen LogP contribution >= 0.6 is 21.6 Å². The van der Waals surface area contributed by atoms with Gasteiger partial charge in [0.1, 0.15) is 12.1 Å². The van der Waals surface area contributed by atoms with E-state index in [4.69, 9.17) is 9.47 Å². The van der Waals surface area contributed by atoms with E-state index < -0.39 is 35.8 Å². The Morgan fingerprint density at radius 2 is 0.950 bits per heavy atom. The molecule has 0 unspecified atom stereocenters. The lowest BCUT2D eigenvalue weighted by molar-refractivity contribution is -0.143. The highest BCUT2D eigenvalue weighted by Gasteiger charge is 2.25. The SMILES string of the molecule is COC(=O)[C@H](CSSC[C@H](NC(=O)c1ccc(NC(C)=O)cc1)C(=O)OC)NC(=O)c1ccc(NC(C)=O)cc1. The number of esters is 2. The molecule has 214 valence electrons. The Morgan fingerprint density at radius 1 is 0.625 bits per heavy atom. The molecule has 0 aromatic heterocycles. The lowest BCUT2D eigenvalue weighted by Crippen LogP contribution is -2.44. The second kappa shape index (κ2) is 16.2. The topological polar surface area (TPSA) is 169 Å². The molecule has 4 N–H and O–H groups in total. The van der Waals surface area contributed by atoms with Crippen molar-refractivity contribution in [2.24, 2.45) is 0 Å². The van der Waals surface area contributed by atoms with Crippen molar-refractivity contribution < 1.29 is 38.2 Å². The summed E-state index contributed by atoms with van der Waals surface area (Å²) in [5, 5.41) is 10.4. The zero-order chi connectivity index (χ0) is 29.7. The van der Waals surface area contributed by atoms with Crippen molar-refractivity contribution in [2.45, 2.75) is 25.9 Å². The van der Waals surface area contributed by atoms with Crippen LogP contribution in [0.1, 0.15) is 34.6 Å². The molecule has 0 heterocycles. The van der Waals surface area contributed by atoms with Crippen molar-refractivity contribution >= 4 is 68.5 Å². The van der Waals surface area contributed by atoms with Gasteiger partial charge in [0.05, 0.1) is 14.2 Å². The van der Waals surface area contributed by atoms with Crippen LogP contribution < -0.4 is 21.3 Å². The van der Waals surface area contributed by atoms with Gasteiger partial charge in [-0.05, 0) is 48.5 Å². The van der Waals surface area contributed by atoms with E-state index >= 15 is 0 Å². The Labute approximate surface area is 239 Å². The zero-order valence-electron chi connectivity index (χ0n) is 22.3. The summed E-state index contributed by atoms with van der Waals surface area (Å²) in [6.07, 6.45) is 0. The maximum Gasteiger partial charge on any atom is 0.329 e. The van der Waals surface area contributed by atoms with Gasteiger partial charge in [-0.3, -0.25) is 19.2 Å². The number of nitrogens with one attached hydrogen (secondary N) is 4. The number of hydrogen-bond acceptors (Lipinski definition) is 10. The minimum atomic E-state index is -0.988. The van der Waals surface area contributed by atoms with Gasteiger partial charge in [-0.15, -0.1) is 0 Å². The average Bonchev–Trinajstić information content (AvgIpc) is 2.92. The van der Waals surface area contributed by atoms with E-state index in [2.05, 4.69) is 21.3 Å². The van der Waals surface area contributed by atoms with Crippen molar-refractivity contribution in [3.63, 3.8) is 0 Å². The molecule has 12 nitrogen and oxygen atoms in total. The first-order valence-electron chi connectivity index (χ1n) is 11.8. The van der Waals surface area contributed by atoms with E-state index in [1.54, 1.807) is 24.3 Å². The maximum absolute atomic E-state index is 12.7. The molecule has 0 aliphatic heterocycles. The molecule has 0 bridgehead atoms. The Morgan fingerprint density at radius 3 is 1.23 bits per heavy atom. The summed E-state index contributed by atoms with van der Waals surface area (Å²) in [5.74, 6) is -2.61. The molecule has 2 atom stereocenters. The first-order chi connectivity index (χ1) is 19.0. The minimum Gasteiger partial charge on any atom is -0.467 e. The zero-order valence-corrected chi connectivity index (χ0v) is 23.9. The second-order valence-electron chi connectivity index (χ2n) is 8.18. The number of ether oxygens (including phenoxy) is 2. The van der Waals surface area contributed by atoms with Crippen molar-refractivity contribution in [3.8, 4) is 0 Å². The van der Waals surface area contributed by atoms with E-state index in [0.29, 0.717) is 11.4 Å². The van der Waals surface area contributed by atoms with Gasteiger partial charge in [0, 0.05) is 47.9 Å². The number of carbonyl (C=O) groups is 6. The van der Waals surface area contributed by atoms with Gasteiger partial charge in [-0.25, -0.2) is 9.59 Å². The van der Waals surface area contributed by atoms with Crippen LogP contribution in [-0.2, 0) is 28.7 Å². The number of anilines is 2. The summed E-state index contributed by atoms with van der Waals surface area (Å²) in [6, 6.07) is 10.3. The lowest BCUT2D eigenvalue weighted by Gasteiger charge is -2.18. The van der Waals surface area contributed by atoms with Gasteiger partial charge >= 0.3 is 11.9 Å². The molecule has 0 aliphatic carbocycles. The fraction of sp³-hybridized carbons (Fsp3) is 0.308. The lowest BCUT2D eigenvalue weighted by atomic mass is 10.2. The predicted molar refractivity (Wildman–Crippen MR) is 153 cm³/mol. The molecule has 4 amide bonds. The van der Waals surface area contributed by atoms with Crippen LogP contribution in [0.15, 0.2) is 48.5 Å². The number of hydrogen-bond donors (Lipinski definition) is 4. The van der Waals surface area contributed by atoms with Gasteiger partial charge in [-0.2, -0.15) is 0 Å². The third-order valence-electron chi connectivity index (χ3n) is 5.07. The number of methoxy groups -OCH3 is 2. The first kappa shape index (κ1) is 32.2. The van der Waals surface area contributed by atoms with E-state index in [1.807, 2.05) is 0 Å². The molecule has 2 rings (SSSR count). The first-order valence-corrected chi connectivity index (χ1v) is 14.3. The van der Waals surface area contributed by atoms with Crippen molar-refractivity contribution in [3.05, 3.63) is 59.7 Å². The van der Waals surface area contributed by atoms with Crippen molar-refractivity contribution in [2.75, 3.05) is 36.4 Å². The third kappa shape index (κ3) is 10.6. The fourth-order valence-electron chi connectivity index (χ4n) is 3.15. The molecule has 0 radical (unpaired) electrons. The second-order valence-corrected chi connectivity index (χ2v) is 10.7. The van der Waals surface area contributed by atoms with Crippen LogP contribution in [0, 0.1) is 0 Å². The van der Waals surface area contributed by atoms with Gasteiger partial charge in [0.25, 0.3) is 11.8 Å². The molecule has 2 aromatic carbocycles. The molecule has 0 aliphatic rings. The summed E-state index contributed by atoms with van der Waals surface area (Å²) >= 11 is 0. The monoisotopic (exact) mass is 590 g/mol. The van der Waals surface area contributed by atoms with Crippen molar-refractivity contribution in [1.29, 1.82) is 0 Å². The molecule has 0 saturated carbocycles. The minimum absolute atomic E-state index is 0.111. The summed E-state index contributed by atoms with van der Waals surface area (Å²) < 4.78 is 9.60. The highest BCUT2D eigenvalue weighted by atomic mass is 33.1. The Kier molecular flexibility index (Phi) is 13.0. The molecule has 2 aromatic rings. The van der Waals surface area contributed by atoms with Crippen LogP contribution in [0.5, 0.6) is 0 Å². The highest BCUT2D eigenvalue weighted by molar-refractivity contribution is 8.76. The molecular weight excluding hydrogens is 560 g/mol. The van der Waals surface area contributed by atoms with Crippen LogP contribution in [0.3, 0.4) is 0 Å². The smallest absolute Gasteiger partial charge is 0.329 e. The number of carbonyl (C=O) groups excluding carboxylic acids is 6. The van der Waals surface area contributed by atoms with E-state index in [-0.39, 0.29) is 34.4 Å². The number of rotatable bonds is 13.